The average molecular weight is 267 g/mol. The molecular weight excluding hydrogens is 246 g/mol. The van der Waals surface area contributed by atoms with Gasteiger partial charge in [0.05, 0.1) is 11.3 Å². The van der Waals surface area contributed by atoms with E-state index in [2.05, 4.69) is 29.6 Å². The Kier molecular flexibility index (Phi) is 4.21. The second-order valence-corrected chi connectivity index (χ2v) is 5.61. The Labute approximate surface area is 112 Å². The van der Waals surface area contributed by atoms with Gasteiger partial charge in [0.25, 0.3) is 5.91 Å². The highest BCUT2D eigenvalue weighted by Crippen LogP contribution is 2.13. The van der Waals surface area contributed by atoms with Crippen molar-refractivity contribution in [1.29, 1.82) is 0 Å². The van der Waals surface area contributed by atoms with Crippen LogP contribution in [-0.4, -0.2) is 41.4 Å². The van der Waals surface area contributed by atoms with Crippen LogP contribution >= 0.6 is 0 Å². The van der Waals surface area contributed by atoms with Gasteiger partial charge in [-0.1, -0.05) is 19.0 Å². The Morgan fingerprint density at radius 2 is 2.47 bits per heavy atom. The molecule has 1 fully saturated rings. The minimum atomic E-state index is -0.851. The predicted octanol–water partition coefficient (Wildman–Crippen LogP) is 0.327. The van der Waals surface area contributed by atoms with E-state index in [1.807, 2.05) is 0 Å². The lowest BCUT2D eigenvalue weighted by Gasteiger charge is -2.20. The number of aromatic nitrogens is 1. The van der Waals surface area contributed by atoms with Crippen LogP contribution in [0.25, 0.3) is 0 Å². The maximum atomic E-state index is 11.9. The van der Waals surface area contributed by atoms with Crippen molar-refractivity contribution in [1.82, 2.24) is 15.8 Å². The Hall–Kier alpha value is -1.40. The Balaban J connectivity index is 1.87. The lowest BCUT2D eigenvalue weighted by molar-refractivity contribution is 0.0551. The molecule has 0 unspecified atom stereocenters. The van der Waals surface area contributed by atoms with Gasteiger partial charge in [-0.25, -0.2) is 0 Å². The Bertz CT molecular complexity index is 436. The number of carbonyl (C=O) groups excluding carboxylic acids is 1. The van der Waals surface area contributed by atoms with Crippen LogP contribution in [0.1, 0.15) is 36.5 Å². The lowest BCUT2D eigenvalue weighted by atomic mass is 10.0. The van der Waals surface area contributed by atoms with E-state index in [1.54, 1.807) is 6.07 Å². The van der Waals surface area contributed by atoms with E-state index >= 15 is 0 Å². The third kappa shape index (κ3) is 3.78. The van der Waals surface area contributed by atoms with Crippen LogP contribution in [0.4, 0.5) is 0 Å². The molecule has 1 amide bonds. The van der Waals surface area contributed by atoms with Crippen molar-refractivity contribution >= 4 is 5.91 Å². The first-order chi connectivity index (χ1) is 8.98. The first-order valence-corrected chi connectivity index (χ1v) is 6.65. The second kappa shape index (κ2) is 5.71. The van der Waals surface area contributed by atoms with E-state index in [4.69, 9.17) is 4.52 Å². The van der Waals surface area contributed by atoms with Crippen molar-refractivity contribution in [3.05, 3.63) is 17.5 Å². The van der Waals surface area contributed by atoms with Gasteiger partial charge in [0, 0.05) is 19.2 Å². The molecule has 1 aliphatic heterocycles. The van der Waals surface area contributed by atoms with E-state index in [9.17, 15) is 9.90 Å². The van der Waals surface area contributed by atoms with Gasteiger partial charge < -0.3 is 20.3 Å². The van der Waals surface area contributed by atoms with Crippen molar-refractivity contribution < 1.29 is 14.4 Å². The molecular formula is C13H21N3O3. The molecule has 0 saturated carbocycles. The molecule has 1 aromatic heterocycles. The summed E-state index contributed by atoms with van der Waals surface area (Å²) in [7, 11) is 0. The van der Waals surface area contributed by atoms with Gasteiger partial charge in [0.2, 0.25) is 5.76 Å². The quantitative estimate of drug-likeness (QED) is 0.715. The van der Waals surface area contributed by atoms with Crippen molar-refractivity contribution in [3.8, 4) is 0 Å². The largest absolute Gasteiger partial charge is 0.387 e. The molecule has 0 spiro atoms. The number of carbonyl (C=O) groups is 1. The molecule has 0 aliphatic carbocycles. The number of β-amino-alcohol motifs (C(OH)–C–C–N with tert-alkyl or cyclic N) is 1. The van der Waals surface area contributed by atoms with Crippen LogP contribution in [-0.2, 0) is 6.42 Å². The molecule has 1 aromatic rings. The summed E-state index contributed by atoms with van der Waals surface area (Å²) in [5, 5.41) is 19.7. The standard InChI is InChI=1S/C13H21N3O3/c1-9(2)5-10-6-11(19-16-10)12(17)15-8-13(18)3-4-14-7-13/h6,9,14,18H,3-5,7-8H2,1-2H3,(H,15,17)/t13-/m0/s1. The fourth-order valence-corrected chi connectivity index (χ4v) is 2.15. The molecule has 1 atom stereocenters. The van der Waals surface area contributed by atoms with Crippen LogP contribution in [0.15, 0.2) is 10.6 Å². The number of rotatable bonds is 5. The fraction of sp³-hybridized carbons (Fsp3) is 0.692. The normalized spacial score (nSPS) is 22.9. The molecule has 0 aromatic carbocycles. The molecule has 1 aliphatic rings. The molecule has 19 heavy (non-hydrogen) atoms. The van der Waals surface area contributed by atoms with Gasteiger partial charge in [-0.2, -0.15) is 0 Å². The summed E-state index contributed by atoms with van der Waals surface area (Å²) in [6.45, 7) is 5.66. The Morgan fingerprint density at radius 1 is 1.68 bits per heavy atom. The van der Waals surface area contributed by atoms with E-state index in [1.165, 1.54) is 0 Å². The zero-order chi connectivity index (χ0) is 13.9. The summed E-state index contributed by atoms with van der Waals surface area (Å²) in [6, 6.07) is 1.66. The number of nitrogens with zero attached hydrogens (tertiary/aromatic N) is 1. The Morgan fingerprint density at radius 3 is 3.11 bits per heavy atom. The number of nitrogens with one attached hydrogen (secondary N) is 2. The van der Waals surface area contributed by atoms with Crippen LogP contribution < -0.4 is 10.6 Å². The molecule has 2 rings (SSSR count). The third-order valence-electron chi connectivity index (χ3n) is 3.20. The van der Waals surface area contributed by atoms with Crippen molar-refractivity contribution in [3.63, 3.8) is 0 Å². The number of hydrogen-bond acceptors (Lipinski definition) is 5. The van der Waals surface area contributed by atoms with Crippen molar-refractivity contribution in [2.24, 2.45) is 5.92 Å². The van der Waals surface area contributed by atoms with Gasteiger partial charge in [-0.05, 0) is 25.3 Å². The molecule has 6 nitrogen and oxygen atoms in total. The second-order valence-electron chi connectivity index (χ2n) is 5.61. The van der Waals surface area contributed by atoms with Crippen LogP contribution in [0.5, 0.6) is 0 Å². The summed E-state index contributed by atoms with van der Waals surface area (Å²) in [6.07, 6.45) is 1.42. The topological polar surface area (TPSA) is 87.4 Å². The fourth-order valence-electron chi connectivity index (χ4n) is 2.15. The summed E-state index contributed by atoms with van der Waals surface area (Å²) < 4.78 is 5.02. The average Bonchev–Trinajstić information content (AvgIpc) is 2.95. The van der Waals surface area contributed by atoms with E-state index in [0.29, 0.717) is 18.9 Å². The van der Waals surface area contributed by atoms with Gasteiger partial charge >= 0.3 is 0 Å². The van der Waals surface area contributed by atoms with Gasteiger partial charge in [-0.15, -0.1) is 0 Å². The minimum Gasteiger partial charge on any atom is -0.387 e. The van der Waals surface area contributed by atoms with Crippen molar-refractivity contribution in [2.45, 2.75) is 32.3 Å². The molecule has 0 bridgehead atoms. The van der Waals surface area contributed by atoms with E-state index < -0.39 is 5.60 Å². The number of aliphatic hydroxyl groups is 1. The lowest BCUT2D eigenvalue weighted by Crippen LogP contribution is -2.44. The SMILES string of the molecule is CC(C)Cc1cc(C(=O)NC[C@]2(O)CCNC2)on1. The van der Waals surface area contributed by atoms with Crippen LogP contribution in [0, 0.1) is 5.92 Å². The van der Waals surface area contributed by atoms with Gasteiger partial charge in [0.15, 0.2) is 0 Å². The molecule has 3 N–H and O–H groups in total. The molecule has 1 saturated heterocycles. The first kappa shape index (κ1) is 14.0. The minimum absolute atomic E-state index is 0.199. The van der Waals surface area contributed by atoms with Crippen molar-refractivity contribution in [2.75, 3.05) is 19.6 Å². The van der Waals surface area contributed by atoms with Crippen LogP contribution in [0.3, 0.4) is 0 Å². The van der Waals surface area contributed by atoms with E-state index in [0.717, 1.165) is 18.7 Å². The third-order valence-corrected chi connectivity index (χ3v) is 3.20. The summed E-state index contributed by atoms with van der Waals surface area (Å²) >= 11 is 0. The maximum Gasteiger partial charge on any atom is 0.290 e. The van der Waals surface area contributed by atoms with Gasteiger partial charge in [0.1, 0.15) is 0 Å². The smallest absolute Gasteiger partial charge is 0.290 e. The molecule has 0 radical (unpaired) electrons. The number of hydrogen-bond donors (Lipinski definition) is 3. The van der Waals surface area contributed by atoms with Gasteiger partial charge in [-0.3, -0.25) is 4.79 Å². The maximum absolute atomic E-state index is 11.9. The monoisotopic (exact) mass is 267 g/mol. The molecule has 2 heterocycles. The molecule has 106 valence electrons. The van der Waals surface area contributed by atoms with Crippen LogP contribution in [0.2, 0.25) is 0 Å². The first-order valence-electron chi connectivity index (χ1n) is 6.65. The highest BCUT2D eigenvalue weighted by Gasteiger charge is 2.31. The predicted molar refractivity (Wildman–Crippen MR) is 69.8 cm³/mol. The zero-order valence-electron chi connectivity index (χ0n) is 11.4. The van der Waals surface area contributed by atoms with E-state index in [-0.39, 0.29) is 18.2 Å². The highest BCUT2D eigenvalue weighted by molar-refractivity contribution is 5.91. The zero-order valence-corrected chi connectivity index (χ0v) is 11.4. The number of amides is 1. The highest BCUT2D eigenvalue weighted by atomic mass is 16.5. The molecule has 6 heteroatoms. The summed E-state index contributed by atoms with van der Waals surface area (Å²) in [4.78, 5) is 11.9. The summed E-state index contributed by atoms with van der Waals surface area (Å²) in [5.41, 5.74) is -0.0717. The summed E-state index contributed by atoms with van der Waals surface area (Å²) in [5.74, 6) is 0.333.